The molecule has 0 saturated carbocycles. The molecule has 1 aromatic heterocycles. The molecule has 24 heavy (non-hydrogen) atoms. The lowest BCUT2D eigenvalue weighted by Crippen LogP contribution is -2.52. The smallest absolute Gasteiger partial charge is 0.127 e. The Kier molecular flexibility index (Phi) is 3.43. The zero-order valence-electron chi connectivity index (χ0n) is 14.2. The highest BCUT2D eigenvalue weighted by molar-refractivity contribution is 5.79. The SMILES string of the molecule is CC1NC(C)(c2cnc3ccccc3c2)c2cccc(F)c2C1C. The Morgan fingerprint density at radius 3 is 2.71 bits per heavy atom. The van der Waals surface area contributed by atoms with E-state index in [0.717, 1.165) is 27.6 Å². The molecule has 0 bridgehead atoms. The molecule has 0 radical (unpaired) electrons. The van der Waals surface area contributed by atoms with Crippen LogP contribution in [0, 0.1) is 5.82 Å². The minimum atomic E-state index is -0.458. The van der Waals surface area contributed by atoms with Gasteiger partial charge in [-0.05, 0) is 54.7 Å². The molecule has 1 aliphatic heterocycles. The van der Waals surface area contributed by atoms with Crippen LogP contribution in [0.1, 0.15) is 43.4 Å². The van der Waals surface area contributed by atoms with E-state index in [1.807, 2.05) is 30.5 Å². The predicted molar refractivity (Wildman–Crippen MR) is 95.6 cm³/mol. The van der Waals surface area contributed by atoms with Crippen molar-refractivity contribution in [3.63, 3.8) is 0 Å². The summed E-state index contributed by atoms with van der Waals surface area (Å²) in [5.41, 5.74) is 3.40. The summed E-state index contributed by atoms with van der Waals surface area (Å²) in [5.74, 6) is 0.0102. The third-order valence-electron chi connectivity index (χ3n) is 5.48. The lowest BCUT2D eigenvalue weighted by atomic mass is 9.73. The molecule has 3 heteroatoms. The van der Waals surface area contributed by atoms with Gasteiger partial charge in [0.05, 0.1) is 11.1 Å². The molecule has 2 aromatic carbocycles. The molecule has 1 aliphatic rings. The van der Waals surface area contributed by atoms with Crippen LogP contribution in [0.15, 0.2) is 54.7 Å². The third-order valence-corrected chi connectivity index (χ3v) is 5.48. The molecule has 2 nitrogen and oxygen atoms in total. The number of hydrogen-bond acceptors (Lipinski definition) is 2. The summed E-state index contributed by atoms with van der Waals surface area (Å²) in [4.78, 5) is 4.61. The van der Waals surface area contributed by atoms with Crippen LogP contribution in [0.4, 0.5) is 4.39 Å². The van der Waals surface area contributed by atoms with Crippen molar-refractivity contribution in [3.8, 4) is 0 Å². The molecular formula is C21H21FN2. The van der Waals surface area contributed by atoms with E-state index in [0.29, 0.717) is 0 Å². The largest absolute Gasteiger partial charge is 0.301 e. The fraction of sp³-hybridized carbons (Fsp3) is 0.286. The van der Waals surface area contributed by atoms with Crippen molar-refractivity contribution in [1.29, 1.82) is 0 Å². The van der Waals surface area contributed by atoms with Gasteiger partial charge in [-0.25, -0.2) is 4.39 Å². The summed E-state index contributed by atoms with van der Waals surface area (Å²) in [6, 6.07) is 15.8. The van der Waals surface area contributed by atoms with Crippen molar-refractivity contribution >= 4 is 10.9 Å². The first-order valence-electron chi connectivity index (χ1n) is 8.42. The van der Waals surface area contributed by atoms with Gasteiger partial charge < -0.3 is 5.32 Å². The van der Waals surface area contributed by atoms with Crippen molar-refractivity contribution in [3.05, 3.63) is 77.2 Å². The number of nitrogens with one attached hydrogen (secondary N) is 1. The normalized spacial score (nSPS) is 26.3. The van der Waals surface area contributed by atoms with E-state index < -0.39 is 5.54 Å². The van der Waals surface area contributed by atoms with Gasteiger partial charge in [0.25, 0.3) is 0 Å². The highest BCUT2D eigenvalue weighted by Crippen LogP contribution is 2.42. The quantitative estimate of drug-likeness (QED) is 0.701. The number of halogens is 1. The lowest BCUT2D eigenvalue weighted by Gasteiger charge is -2.44. The Bertz CT molecular complexity index is 921. The van der Waals surface area contributed by atoms with Crippen LogP contribution in [-0.4, -0.2) is 11.0 Å². The molecule has 0 fully saturated rings. The van der Waals surface area contributed by atoms with Gasteiger partial charge in [-0.2, -0.15) is 0 Å². The van der Waals surface area contributed by atoms with Crippen LogP contribution in [0.5, 0.6) is 0 Å². The Morgan fingerprint density at radius 1 is 1.08 bits per heavy atom. The number of benzene rings is 2. The van der Waals surface area contributed by atoms with Crippen LogP contribution < -0.4 is 5.32 Å². The third kappa shape index (κ3) is 2.15. The second kappa shape index (κ2) is 5.38. The number of aromatic nitrogens is 1. The number of nitrogens with zero attached hydrogens (tertiary/aromatic N) is 1. The molecule has 0 amide bonds. The van der Waals surface area contributed by atoms with E-state index >= 15 is 0 Å². The number of rotatable bonds is 1. The number of fused-ring (bicyclic) bond motifs is 2. The topological polar surface area (TPSA) is 24.9 Å². The van der Waals surface area contributed by atoms with E-state index in [4.69, 9.17) is 0 Å². The Hall–Kier alpha value is -2.26. The molecule has 0 spiro atoms. The van der Waals surface area contributed by atoms with E-state index in [1.54, 1.807) is 12.1 Å². The molecule has 1 N–H and O–H groups in total. The molecule has 3 unspecified atom stereocenters. The van der Waals surface area contributed by atoms with E-state index in [2.05, 4.69) is 43.2 Å². The summed E-state index contributed by atoms with van der Waals surface area (Å²) in [7, 11) is 0. The van der Waals surface area contributed by atoms with Crippen molar-refractivity contribution in [2.24, 2.45) is 0 Å². The van der Waals surface area contributed by atoms with Crippen molar-refractivity contribution in [1.82, 2.24) is 10.3 Å². The minimum Gasteiger partial charge on any atom is -0.301 e. The van der Waals surface area contributed by atoms with E-state index in [-0.39, 0.29) is 17.8 Å². The number of pyridine rings is 1. The first kappa shape index (κ1) is 15.3. The van der Waals surface area contributed by atoms with Gasteiger partial charge in [-0.1, -0.05) is 37.3 Å². The average molecular weight is 320 g/mol. The zero-order chi connectivity index (χ0) is 16.9. The second-order valence-corrected chi connectivity index (χ2v) is 6.96. The van der Waals surface area contributed by atoms with Gasteiger partial charge in [0.1, 0.15) is 5.82 Å². The van der Waals surface area contributed by atoms with Crippen molar-refractivity contribution in [2.75, 3.05) is 0 Å². The monoisotopic (exact) mass is 320 g/mol. The Morgan fingerprint density at radius 2 is 1.88 bits per heavy atom. The summed E-state index contributed by atoms with van der Waals surface area (Å²) in [5, 5.41) is 4.80. The van der Waals surface area contributed by atoms with Gasteiger partial charge >= 0.3 is 0 Å². The standard InChI is InChI=1S/C21H21FN2/c1-13-14(2)24-21(3,17-8-6-9-18(22)20(13)17)16-11-15-7-4-5-10-19(15)23-12-16/h4-14,24H,1-3H3. The van der Waals surface area contributed by atoms with Crippen LogP contribution in [-0.2, 0) is 5.54 Å². The molecule has 0 saturated heterocycles. The van der Waals surface area contributed by atoms with Gasteiger partial charge in [0.2, 0.25) is 0 Å². The highest BCUT2D eigenvalue weighted by Gasteiger charge is 2.40. The first-order valence-corrected chi connectivity index (χ1v) is 8.42. The Balaban J connectivity index is 1.95. The van der Waals surface area contributed by atoms with Gasteiger partial charge in [-0.3, -0.25) is 4.98 Å². The van der Waals surface area contributed by atoms with Gasteiger partial charge in [0, 0.05) is 17.6 Å². The molecule has 0 aliphatic carbocycles. The van der Waals surface area contributed by atoms with Gasteiger partial charge in [0.15, 0.2) is 0 Å². The van der Waals surface area contributed by atoms with Crippen LogP contribution in [0.25, 0.3) is 10.9 Å². The maximum Gasteiger partial charge on any atom is 0.127 e. The van der Waals surface area contributed by atoms with E-state index in [1.165, 1.54) is 0 Å². The second-order valence-electron chi connectivity index (χ2n) is 6.96. The molecule has 122 valence electrons. The Labute approximate surface area is 141 Å². The summed E-state index contributed by atoms with van der Waals surface area (Å²) >= 11 is 0. The summed E-state index contributed by atoms with van der Waals surface area (Å²) in [6.07, 6.45) is 1.91. The fourth-order valence-electron chi connectivity index (χ4n) is 3.93. The van der Waals surface area contributed by atoms with Gasteiger partial charge in [-0.15, -0.1) is 0 Å². The summed E-state index contributed by atoms with van der Waals surface area (Å²) < 4.78 is 14.6. The fourth-order valence-corrected chi connectivity index (χ4v) is 3.93. The molecular weight excluding hydrogens is 299 g/mol. The maximum absolute atomic E-state index is 14.6. The molecule has 3 aromatic rings. The van der Waals surface area contributed by atoms with Crippen LogP contribution in [0.2, 0.25) is 0 Å². The predicted octanol–water partition coefficient (Wildman–Crippen LogP) is 4.73. The van der Waals surface area contributed by atoms with E-state index in [9.17, 15) is 4.39 Å². The molecule has 2 heterocycles. The molecule has 4 rings (SSSR count). The lowest BCUT2D eigenvalue weighted by molar-refractivity contribution is 0.312. The highest BCUT2D eigenvalue weighted by atomic mass is 19.1. The average Bonchev–Trinajstić information content (AvgIpc) is 2.59. The van der Waals surface area contributed by atoms with Crippen molar-refractivity contribution in [2.45, 2.75) is 38.3 Å². The zero-order valence-corrected chi connectivity index (χ0v) is 14.2. The van der Waals surface area contributed by atoms with Crippen LogP contribution in [0.3, 0.4) is 0 Å². The first-order chi connectivity index (χ1) is 11.5. The number of para-hydroxylation sites is 1. The number of hydrogen-bond donors (Lipinski definition) is 1. The molecule has 3 atom stereocenters. The maximum atomic E-state index is 14.6. The van der Waals surface area contributed by atoms with Crippen molar-refractivity contribution < 1.29 is 4.39 Å². The summed E-state index contributed by atoms with van der Waals surface area (Å²) in [6.45, 7) is 6.32. The van der Waals surface area contributed by atoms with Crippen LogP contribution >= 0.6 is 0 Å². The minimum absolute atomic E-state index is 0.117.